The fourth-order valence-corrected chi connectivity index (χ4v) is 2.70. The topological polar surface area (TPSA) is 72.9 Å². The molecule has 0 saturated carbocycles. The number of rotatable bonds is 9. The summed E-state index contributed by atoms with van der Waals surface area (Å²) in [5.41, 5.74) is 1.22. The number of benzene rings is 2. The minimum atomic E-state index is -0.916. The van der Waals surface area contributed by atoms with Crippen molar-refractivity contribution in [2.45, 2.75) is 12.5 Å². The molecule has 2 amide bonds. The van der Waals surface area contributed by atoms with Crippen molar-refractivity contribution in [2.24, 2.45) is 0 Å². The molecule has 0 radical (unpaired) electrons. The first-order chi connectivity index (χ1) is 13.4. The molecule has 2 N–H and O–H groups in total. The Bertz CT molecular complexity index is 785. The Morgan fingerprint density at radius 1 is 1.07 bits per heavy atom. The van der Waals surface area contributed by atoms with E-state index in [1.54, 1.807) is 30.1 Å². The molecule has 150 valence electrons. The third kappa shape index (κ3) is 6.66. The standard InChI is InChI=1S/C21H26FN3O3/c1-24(17-9-4-3-5-10-17)15-20(27)23-13-18(26)14-25(2)21(28)12-16-8-6-7-11-19(16)22/h3-11,18,26H,12-15H2,1-2H3,(H,23,27). The van der Waals surface area contributed by atoms with Gasteiger partial charge in [0.2, 0.25) is 11.8 Å². The second-order valence-electron chi connectivity index (χ2n) is 6.69. The molecule has 0 aliphatic carbocycles. The summed E-state index contributed by atoms with van der Waals surface area (Å²) in [6.07, 6.45) is -0.995. The van der Waals surface area contributed by atoms with E-state index in [1.165, 1.54) is 18.0 Å². The summed E-state index contributed by atoms with van der Waals surface area (Å²) in [5, 5.41) is 12.8. The van der Waals surface area contributed by atoms with Gasteiger partial charge in [-0.05, 0) is 23.8 Å². The van der Waals surface area contributed by atoms with Crippen LogP contribution in [0.3, 0.4) is 0 Å². The van der Waals surface area contributed by atoms with E-state index >= 15 is 0 Å². The molecule has 0 bridgehead atoms. The van der Waals surface area contributed by atoms with E-state index in [0.717, 1.165) is 5.69 Å². The largest absolute Gasteiger partial charge is 0.389 e. The number of hydrogen-bond acceptors (Lipinski definition) is 4. The van der Waals surface area contributed by atoms with E-state index in [4.69, 9.17) is 0 Å². The van der Waals surface area contributed by atoms with E-state index in [0.29, 0.717) is 5.56 Å². The van der Waals surface area contributed by atoms with Crippen LogP contribution in [0.15, 0.2) is 54.6 Å². The molecule has 7 heteroatoms. The van der Waals surface area contributed by atoms with Gasteiger partial charge in [0.1, 0.15) is 5.82 Å². The Labute approximate surface area is 164 Å². The van der Waals surface area contributed by atoms with Crippen LogP contribution in [0.5, 0.6) is 0 Å². The average molecular weight is 387 g/mol. The summed E-state index contributed by atoms with van der Waals surface area (Å²) in [6, 6.07) is 15.6. The van der Waals surface area contributed by atoms with Crippen molar-refractivity contribution in [2.75, 3.05) is 38.6 Å². The first-order valence-electron chi connectivity index (χ1n) is 9.05. The van der Waals surface area contributed by atoms with Crippen molar-refractivity contribution >= 4 is 17.5 Å². The van der Waals surface area contributed by atoms with Gasteiger partial charge < -0.3 is 20.2 Å². The maximum Gasteiger partial charge on any atom is 0.239 e. The van der Waals surface area contributed by atoms with Gasteiger partial charge in [0.05, 0.1) is 19.1 Å². The van der Waals surface area contributed by atoms with E-state index in [9.17, 15) is 19.1 Å². The smallest absolute Gasteiger partial charge is 0.239 e. The second-order valence-corrected chi connectivity index (χ2v) is 6.69. The SMILES string of the molecule is CN(CC(O)CNC(=O)CN(C)c1ccccc1)C(=O)Cc1ccccc1F. The van der Waals surface area contributed by atoms with Crippen LogP contribution >= 0.6 is 0 Å². The lowest BCUT2D eigenvalue weighted by molar-refractivity contribution is -0.130. The van der Waals surface area contributed by atoms with Gasteiger partial charge in [-0.1, -0.05) is 36.4 Å². The zero-order valence-corrected chi connectivity index (χ0v) is 16.1. The number of aliphatic hydroxyl groups is 1. The number of para-hydroxylation sites is 1. The molecule has 1 atom stereocenters. The highest BCUT2D eigenvalue weighted by molar-refractivity contribution is 5.81. The number of hydrogen-bond donors (Lipinski definition) is 2. The summed E-state index contributed by atoms with van der Waals surface area (Å²) in [5.74, 6) is -0.968. The first-order valence-corrected chi connectivity index (χ1v) is 9.05. The Hall–Kier alpha value is -2.93. The summed E-state index contributed by atoms with van der Waals surface area (Å²) < 4.78 is 13.6. The third-order valence-corrected chi connectivity index (χ3v) is 4.32. The minimum Gasteiger partial charge on any atom is -0.389 e. The zero-order chi connectivity index (χ0) is 20.5. The number of nitrogens with one attached hydrogen (secondary N) is 1. The first kappa shape index (κ1) is 21.4. The molecular weight excluding hydrogens is 361 g/mol. The van der Waals surface area contributed by atoms with Crippen LogP contribution in [0.1, 0.15) is 5.56 Å². The van der Waals surface area contributed by atoms with Crippen molar-refractivity contribution in [1.29, 1.82) is 0 Å². The lowest BCUT2D eigenvalue weighted by atomic mass is 10.1. The average Bonchev–Trinajstić information content (AvgIpc) is 2.68. The molecule has 0 aliphatic heterocycles. The fraction of sp³-hybridized carbons (Fsp3) is 0.333. The monoisotopic (exact) mass is 387 g/mol. The van der Waals surface area contributed by atoms with Gasteiger partial charge in [0.15, 0.2) is 0 Å². The third-order valence-electron chi connectivity index (χ3n) is 4.32. The highest BCUT2D eigenvalue weighted by Crippen LogP contribution is 2.10. The number of aliphatic hydroxyl groups excluding tert-OH is 1. The van der Waals surface area contributed by atoms with Crippen LogP contribution in [-0.4, -0.2) is 61.7 Å². The van der Waals surface area contributed by atoms with Crippen molar-refractivity contribution in [3.63, 3.8) is 0 Å². The summed E-state index contributed by atoms with van der Waals surface area (Å²) in [6.45, 7) is 0.222. The van der Waals surface area contributed by atoms with Crippen molar-refractivity contribution in [1.82, 2.24) is 10.2 Å². The van der Waals surface area contributed by atoms with Crippen LogP contribution in [0.2, 0.25) is 0 Å². The molecule has 0 aromatic heterocycles. The maximum atomic E-state index is 13.6. The zero-order valence-electron chi connectivity index (χ0n) is 16.1. The van der Waals surface area contributed by atoms with Gasteiger partial charge >= 0.3 is 0 Å². The molecule has 0 spiro atoms. The number of likely N-dealkylation sites (N-methyl/N-ethyl adjacent to an activating group) is 2. The van der Waals surface area contributed by atoms with E-state index < -0.39 is 11.9 Å². The van der Waals surface area contributed by atoms with Crippen LogP contribution in [0.25, 0.3) is 0 Å². The molecule has 28 heavy (non-hydrogen) atoms. The lowest BCUT2D eigenvalue weighted by Crippen LogP contribution is -2.43. The number of halogens is 1. The quantitative estimate of drug-likeness (QED) is 0.683. The Morgan fingerprint density at radius 2 is 1.71 bits per heavy atom. The molecule has 2 aromatic rings. The van der Waals surface area contributed by atoms with Gasteiger partial charge in [0, 0.05) is 32.9 Å². The molecule has 0 aliphatic rings. The Kier molecular flexibility index (Phi) is 7.95. The predicted octanol–water partition coefficient (Wildman–Crippen LogP) is 1.44. The second kappa shape index (κ2) is 10.4. The van der Waals surface area contributed by atoms with E-state index in [-0.39, 0.29) is 37.9 Å². The number of carbonyl (C=O) groups is 2. The highest BCUT2D eigenvalue weighted by Gasteiger charge is 2.16. The summed E-state index contributed by atoms with van der Waals surface area (Å²) >= 11 is 0. The van der Waals surface area contributed by atoms with Gasteiger partial charge in [-0.15, -0.1) is 0 Å². The molecule has 1 unspecified atom stereocenters. The van der Waals surface area contributed by atoms with Crippen LogP contribution in [-0.2, 0) is 16.0 Å². The van der Waals surface area contributed by atoms with Crippen molar-refractivity contribution < 1.29 is 19.1 Å². The normalized spacial score (nSPS) is 11.6. The van der Waals surface area contributed by atoms with Gasteiger partial charge in [-0.25, -0.2) is 4.39 Å². The molecule has 0 fully saturated rings. The fourth-order valence-electron chi connectivity index (χ4n) is 2.70. The van der Waals surface area contributed by atoms with Crippen molar-refractivity contribution in [3.8, 4) is 0 Å². The van der Waals surface area contributed by atoms with Crippen LogP contribution < -0.4 is 10.2 Å². The number of anilines is 1. The summed E-state index contributed by atoms with van der Waals surface area (Å²) in [7, 11) is 3.35. The summed E-state index contributed by atoms with van der Waals surface area (Å²) in [4.78, 5) is 27.4. The van der Waals surface area contributed by atoms with Crippen molar-refractivity contribution in [3.05, 3.63) is 66.0 Å². The Balaban J connectivity index is 1.73. The molecule has 2 aromatic carbocycles. The molecule has 2 rings (SSSR count). The molecule has 0 saturated heterocycles. The van der Waals surface area contributed by atoms with Gasteiger partial charge in [-0.3, -0.25) is 9.59 Å². The number of carbonyl (C=O) groups excluding carboxylic acids is 2. The van der Waals surface area contributed by atoms with Crippen LogP contribution in [0.4, 0.5) is 10.1 Å². The van der Waals surface area contributed by atoms with E-state index in [1.807, 2.05) is 30.3 Å². The molecular formula is C21H26FN3O3. The maximum absolute atomic E-state index is 13.6. The van der Waals surface area contributed by atoms with Gasteiger partial charge in [0.25, 0.3) is 0 Å². The van der Waals surface area contributed by atoms with E-state index in [2.05, 4.69) is 5.32 Å². The number of amides is 2. The lowest BCUT2D eigenvalue weighted by Gasteiger charge is -2.22. The molecule has 6 nitrogen and oxygen atoms in total. The van der Waals surface area contributed by atoms with Crippen LogP contribution in [0, 0.1) is 5.82 Å². The number of nitrogens with zero attached hydrogens (tertiary/aromatic N) is 2. The highest BCUT2D eigenvalue weighted by atomic mass is 19.1. The minimum absolute atomic E-state index is 0.0266. The molecule has 0 heterocycles. The van der Waals surface area contributed by atoms with Gasteiger partial charge in [-0.2, -0.15) is 0 Å². The Morgan fingerprint density at radius 3 is 2.39 bits per heavy atom. The predicted molar refractivity (Wildman–Crippen MR) is 106 cm³/mol.